The van der Waals surface area contributed by atoms with Crippen molar-refractivity contribution in [3.63, 3.8) is 0 Å². The fourth-order valence-electron chi connectivity index (χ4n) is 4.68. The molecule has 2 N–H and O–H groups in total. The Morgan fingerprint density at radius 2 is 1.82 bits per heavy atom. The Kier molecular flexibility index (Phi) is 6.27. The van der Waals surface area contributed by atoms with Gasteiger partial charge in [0.1, 0.15) is 5.82 Å². The van der Waals surface area contributed by atoms with Crippen LogP contribution in [0.2, 0.25) is 0 Å². The van der Waals surface area contributed by atoms with Crippen LogP contribution < -0.4 is 5.32 Å². The Hall–Kier alpha value is -4.64. The molecule has 0 unspecified atom stereocenters. The Morgan fingerprint density at radius 1 is 0.974 bits per heavy atom. The van der Waals surface area contributed by atoms with E-state index in [2.05, 4.69) is 30.5 Å². The number of H-pyrrole nitrogens is 1. The van der Waals surface area contributed by atoms with Gasteiger partial charge < -0.3 is 5.32 Å². The van der Waals surface area contributed by atoms with E-state index in [1.165, 1.54) is 18.5 Å². The fraction of sp³-hybridized carbons (Fsp3) is 0.179. The Morgan fingerprint density at radius 3 is 2.59 bits per heavy atom. The molecule has 0 bridgehead atoms. The fourth-order valence-corrected chi connectivity index (χ4v) is 4.68. The van der Waals surface area contributed by atoms with Crippen LogP contribution in [0.3, 0.4) is 0 Å². The number of rotatable bonds is 6. The quantitative estimate of drug-likeness (QED) is 0.309. The van der Waals surface area contributed by atoms with Gasteiger partial charge in [-0.25, -0.2) is 13.2 Å². The maximum Gasteiger partial charge on any atom is 0.276 e. The summed E-state index contributed by atoms with van der Waals surface area (Å²) < 4.78 is 40.6. The number of likely N-dealkylation sites (tertiary alicyclic amines) is 1. The molecule has 1 aromatic carbocycles. The van der Waals surface area contributed by atoms with Crippen LogP contribution in [0.25, 0.3) is 33.3 Å². The lowest BCUT2D eigenvalue weighted by molar-refractivity contribution is 0.0115. The van der Waals surface area contributed by atoms with Crippen molar-refractivity contribution < 1.29 is 18.0 Å². The molecule has 5 aromatic rings. The van der Waals surface area contributed by atoms with E-state index in [1.54, 1.807) is 29.4 Å². The zero-order valence-corrected chi connectivity index (χ0v) is 20.5. The lowest BCUT2D eigenvalue weighted by Gasteiger charge is -2.15. The van der Waals surface area contributed by atoms with Gasteiger partial charge in [-0.1, -0.05) is 6.07 Å². The monoisotopic (exact) mass is 529 g/mol. The van der Waals surface area contributed by atoms with Gasteiger partial charge >= 0.3 is 0 Å². The number of nitrogens with one attached hydrogen (secondary N) is 2. The van der Waals surface area contributed by atoms with E-state index < -0.39 is 17.6 Å². The first-order valence-electron chi connectivity index (χ1n) is 12.2. The maximum absolute atomic E-state index is 13.6. The highest BCUT2D eigenvalue weighted by molar-refractivity contribution is 6.11. The van der Waals surface area contributed by atoms with Crippen LogP contribution in [0.15, 0.2) is 73.4 Å². The zero-order valence-electron chi connectivity index (χ0n) is 20.5. The first-order chi connectivity index (χ1) is 18.8. The van der Waals surface area contributed by atoms with Crippen molar-refractivity contribution in [3.05, 3.63) is 90.5 Å². The molecule has 5 heterocycles. The van der Waals surface area contributed by atoms with Crippen molar-refractivity contribution in [2.24, 2.45) is 0 Å². The smallest absolute Gasteiger partial charge is 0.276 e. The van der Waals surface area contributed by atoms with E-state index in [9.17, 15) is 18.0 Å². The summed E-state index contributed by atoms with van der Waals surface area (Å²) >= 11 is 0. The van der Waals surface area contributed by atoms with Crippen LogP contribution in [0.5, 0.6) is 0 Å². The number of pyridine rings is 3. The van der Waals surface area contributed by atoms with Gasteiger partial charge in [-0.05, 0) is 47.5 Å². The third-order valence-corrected chi connectivity index (χ3v) is 6.58. The van der Waals surface area contributed by atoms with Crippen molar-refractivity contribution in [2.45, 2.75) is 18.9 Å². The van der Waals surface area contributed by atoms with Crippen LogP contribution in [0.1, 0.15) is 22.5 Å². The Labute approximate surface area is 220 Å². The largest absolute Gasteiger partial charge is 0.319 e. The molecule has 8 nitrogen and oxygen atoms in total. The number of benzene rings is 1. The molecule has 1 saturated heterocycles. The lowest BCUT2D eigenvalue weighted by atomic mass is 10.0. The number of aromatic nitrogens is 5. The molecule has 0 atom stereocenters. The van der Waals surface area contributed by atoms with Gasteiger partial charge in [-0.15, -0.1) is 0 Å². The van der Waals surface area contributed by atoms with E-state index in [4.69, 9.17) is 0 Å². The average molecular weight is 530 g/mol. The summed E-state index contributed by atoms with van der Waals surface area (Å²) in [4.78, 5) is 27.2. The molecule has 1 aliphatic rings. The molecule has 0 saturated carbocycles. The molecule has 196 valence electrons. The van der Waals surface area contributed by atoms with Crippen LogP contribution in [-0.4, -0.2) is 55.0 Å². The minimum Gasteiger partial charge on any atom is -0.319 e. The number of aromatic amines is 1. The number of carbonyl (C=O) groups excluding carboxylic acids is 1. The number of alkyl halides is 2. The van der Waals surface area contributed by atoms with Crippen LogP contribution in [-0.2, 0) is 6.54 Å². The predicted octanol–water partition coefficient (Wildman–Crippen LogP) is 5.31. The second kappa shape index (κ2) is 9.91. The molecule has 1 amide bonds. The highest BCUT2D eigenvalue weighted by Crippen LogP contribution is 2.30. The molecule has 1 fully saturated rings. The molecular weight excluding hydrogens is 507 g/mol. The van der Waals surface area contributed by atoms with Gasteiger partial charge in [0.2, 0.25) is 0 Å². The number of hydrogen-bond donors (Lipinski definition) is 2. The molecule has 6 rings (SSSR count). The van der Waals surface area contributed by atoms with Gasteiger partial charge in [0.25, 0.3) is 11.8 Å². The number of amides is 1. The summed E-state index contributed by atoms with van der Waals surface area (Å²) in [6.45, 7) is 0.481. The van der Waals surface area contributed by atoms with E-state index in [0.29, 0.717) is 40.9 Å². The van der Waals surface area contributed by atoms with Crippen molar-refractivity contribution in [1.29, 1.82) is 0 Å². The third-order valence-electron chi connectivity index (χ3n) is 6.58. The standard InChI is InChI=1S/C28H22F3N7O/c29-21-8-20(12-33-13-21)24-4-2-22(14-34-24)35-27(39)26-23-9-18(1-3-25(23)36-37-26)19-7-17(10-32-11-19)15-38-6-5-28(30,31)16-38/h1-4,7-14H,5-6,15-16H2,(H,35,39)(H,36,37). The summed E-state index contributed by atoms with van der Waals surface area (Å²) in [5.74, 6) is -3.54. The van der Waals surface area contributed by atoms with Crippen molar-refractivity contribution in [2.75, 3.05) is 18.4 Å². The van der Waals surface area contributed by atoms with Crippen LogP contribution >= 0.6 is 0 Å². The molecule has 0 spiro atoms. The SMILES string of the molecule is O=C(Nc1ccc(-c2cncc(F)c2)nc1)c1n[nH]c2ccc(-c3cncc(CN4CCC(F)(F)C4)c3)cc12. The summed E-state index contributed by atoms with van der Waals surface area (Å²) in [6, 6.07) is 12.1. The summed E-state index contributed by atoms with van der Waals surface area (Å²) in [5, 5.41) is 10.5. The Balaban J connectivity index is 1.20. The molecular formula is C28H22F3N7O. The number of nitrogens with zero attached hydrogens (tertiary/aromatic N) is 5. The lowest BCUT2D eigenvalue weighted by Crippen LogP contribution is -2.24. The second-order valence-electron chi connectivity index (χ2n) is 9.51. The first-order valence-corrected chi connectivity index (χ1v) is 12.2. The molecule has 0 radical (unpaired) electrons. The maximum atomic E-state index is 13.6. The molecule has 4 aromatic heterocycles. The Bertz CT molecular complexity index is 1670. The number of anilines is 1. The van der Waals surface area contributed by atoms with Gasteiger partial charge in [-0.3, -0.25) is 29.7 Å². The zero-order chi connectivity index (χ0) is 27.0. The van der Waals surface area contributed by atoms with Crippen LogP contribution in [0.4, 0.5) is 18.9 Å². The third kappa shape index (κ3) is 5.34. The topological polar surface area (TPSA) is 99.7 Å². The van der Waals surface area contributed by atoms with Crippen molar-refractivity contribution in [1.82, 2.24) is 30.0 Å². The average Bonchev–Trinajstić information content (AvgIpc) is 3.51. The van der Waals surface area contributed by atoms with Gasteiger partial charge in [0.15, 0.2) is 5.69 Å². The van der Waals surface area contributed by atoms with Gasteiger partial charge in [0.05, 0.1) is 35.8 Å². The summed E-state index contributed by atoms with van der Waals surface area (Å²) in [5.41, 5.74) is 4.83. The van der Waals surface area contributed by atoms with Crippen molar-refractivity contribution >= 4 is 22.5 Å². The van der Waals surface area contributed by atoms with E-state index in [0.717, 1.165) is 22.9 Å². The summed E-state index contributed by atoms with van der Waals surface area (Å²) in [6.07, 6.45) is 7.35. The van der Waals surface area contributed by atoms with Gasteiger partial charge in [-0.2, -0.15) is 5.10 Å². The van der Waals surface area contributed by atoms with E-state index in [-0.39, 0.29) is 18.7 Å². The normalized spacial score (nSPS) is 15.1. The van der Waals surface area contributed by atoms with Crippen molar-refractivity contribution in [3.8, 4) is 22.4 Å². The van der Waals surface area contributed by atoms with E-state index in [1.807, 2.05) is 24.3 Å². The van der Waals surface area contributed by atoms with Crippen LogP contribution in [0, 0.1) is 5.82 Å². The molecule has 1 aliphatic heterocycles. The highest BCUT2D eigenvalue weighted by Gasteiger charge is 2.37. The summed E-state index contributed by atoms with van der Waals surface area (Å²) in [7, 11) is 0. The number of hydrogen-bond acceptors (Lipinski definition) is 6. The minimum absolute atomic E-state index is 0.132. The number of fused-ring (bicyclic) bond motifs is 1. The predicted molar refractivity (Wildman–Crippen MR) is 140 cm³/mol. The van der Waals surface area contributed by atoms with Gasteiger partial charge in [0, 0.05) is 54.6 Å². The number of carbonyl (C=O) groups is 1. The molecule has 11 heteroatoms. The number of halogens is 3. The molecule has 0 aliphatic carbocycles. The van der Waals surface area contributed by atoms with E-state index >= 15 is 0 Å². The highest BCUT2D eigenvalue weighted by atomic mass is 19.3. The first kappa shape index (κ1) is 24.7. The minimum atomic E-state index is -2.65. The molecule has 39 heavy (non-hydrogen) atoms. The second-order valence-corrected chi connectivity index (χ2v) is 9.51.